The molecule has 3 rings (SSSR count). The van der Waals surface area contributed by atoms with Crippen molar-refractivity contribution in [1.29, 1.82) is 0 Å². The van der Waals surface area contributed by atoms with Gasteiger partial charge in [0.05, 0.1) is 11.1 Å². The van der Waals surface area contributed by atoms with Crippen LogP contribution >= 0.6 is 0 Å². The van der Waals surface area contributed by atoms with Gasteiger partial charge in [0.2, 0.25) is 0 Å². The number of hydrogen-bond donors (Lipinski definition) is 2. The van der Waals surface area contributed by atoms with E-state index in [2.05, 4.69) is 17.4 Å². The molecule has 1 aliphatic heterocycles. The van der Waals surface area contributed by atoms with Crippen LogP contribution in [-0.4, -0.2) is 16.6 Å². The second-order valence-corrected chi connectivity index (χ2v) is 6.61. The number of rotatable bonds is 2. The lowest BCUT2D eigenvalue weighted by Crippen LogP contribution is -2.38. The highest BCUT2D eigenvalue weighted by Crippen LogP contribution is 2.42. The van der Waals surface area contributed by atoms with Crippen molar-refractivity contribution < 1.29 is 9.90 Å². The van der Waals surface area contributed by atoms with E-state index in [1.807, 2.05) is 27.7 Å². The molecular weight excluding hydrogens is 250 g/mol. The van der Waals surface area contributed by atoms with Crippen molar-refractivity contribution >= 4 is 11.5 Å². The van der Waals surface area contributed by atoms with Crippen LogP contribution in [0.1, 0.15) is 54.9 Å². The monoisotopic (exact) mass is 271 g/mol. The Bertz CT molecular complexity index is 613. The van der Waals surface area contributed by atoms with Crippen LogP contribution < -0.4 is 5.32 Å². The number of benzene rings is 1. The van der Waals surface area contributed by atoms with E-state index in [0.717, 1.165) is 16.7 Å². The first-order valence-electron chi connectivity index (χ1n) is 7.19. The smallest absolute Gasteiger partial charge is 0.256 e. The molecule has 106 valence electrons. The Labute approximate surface area is 119 Å². The maximum atomic E-state index is 12.2. The Balaban J connectivity index is 2.15. The third-order valence-electron chi connectivity index (χ3n) is 4.34. The van der Waals surface area contributed by atoms with Crippen molar-refractivity contribution in [1.82, 2.24) is 5.32 Å². The first kappa shape index (κ1) is 13.2. The SMILES string of the molecule is Cc1cc(C2CC2)cc(C)c1C1=C(O)C(C)(C)NC1=O. The molecule has 1 amide bonds. The molecule has 0 aromatic heterocycles. The van der Waals surface area contributed by atoms with Gasteiger partial charge in [-0.1, -0.05) is 12.1 Å². The van der Waals surface area contributed by atoms with Gasteiger partial charge in [-0.2, -0.15) is 0 Å². The highest BCUT2D eigenvalue weighted by molar-refractivity contribution is 6.23. The van der Waals surface area contributed by atoms with Gasteiger partial charge in [-0.25, -0.2) is 0 Å². The fourth-order valence-corrected chi connectivity index (χ4v) is 3.10. The second-order valence-electron chi connectivity index (χ2n) is 6.61. The molecule has 0 radical (unpaired) electrons. The molecule has 1 aromatic rings. The average Bonchev–Trinajstić information content (AvgIpc) is 3.12. The van der Waals surface area contributed by atoms with Crippen LogP contribution in [0.25, 0.3) is 5.57 Å². The molecule has 0 bridgehead atoms. The first-order valence-corrected chi connectivity index (χ1v) is 7.19. The highest BCUT2D eigenvalue weighted by atomic mass is 16.3. The lowest BCUT2D eigenvalue weighted by molar-refractivity contribution is -0.115. The minimum absolute atomic E-state index is 0.146. The van der Waals surface area contributed by atoms with Gasteiger partial charge in [-0.3, -0.25) is 4.79 Å². The van der Waals surface area contributed by atoms with E-state index in [1.54, 1.807) is 0 Å². The molecule has 2 N–H and O–H groups in total. The quantitative estimate of drug-likeness (QED) is 0.866. The third-order valence-corrected chi connectivity index (χ3v) is 4.34. The van der Waals surface area contributed by atoms with Crippen LogP contribution in [0, 0.1) is 13.8 Å². The zero-order valence-corrected chi connectivity index (χ0v) is 12.5. The number of aryl methyl sites for hydroxylation is 2. The van der Waals surface area contributed by atoms with E-state index < -0.39 is 5.54 Å². The number of aliphatic hydroxyl groups excluding tert-OH is 1. The van der Waals surface area contributed by atoms with E-state index in [9.17, 15) is 9.90 Å². The molecule has 0 atom stereocenters. The number of amides is 1. The minimum Gasteiger partial charge on any atom is -0.509 e. The van der Waals surface area contributed by atoms with E-state index in [-0.39, 0.29) is 11.7 Å². The van der Waals surface area contributed by atoms with E-state index in [1.165, 1.54) is 18.4 Å². The molecule has 20 heavy (non-hydrogen) atoms. The van der Waals surface area contributed by atoms with Crippen LogP contribution in [0.2, 0.25) is 0 Å². The number of aliphatic hydroxyl groups is 1. The van der Waals surface area contributed by atoms with Gasteiger partial charge >= 0.3 is 0 Å². The second kappa shape index (κ2) is 4.11. The maximum Gasteiger partial charge on any atom is 0.256 e. The van der Waals surface area contributed by atoms with Gasteiger partial charge < -0.3 is 10.4 Å². The van der Waals surface area contributed by atoms with Gasteiger partial charge in [0.15, 0.2) is 0 Å². The Morgan fingerprint density at radius 1 is 1.20 bits per heavy atom. The summed E-state index contributed by atoms with van der Waals surface area (Å²) < 4.78 is 0. The predicted molar refractivity (Wildman–Crippen MR) is 79.7 cm³/mol. The van der Waals surface area contributed by atoms with Crippen molar-refractivity contribution in [2.45, 2.75) is 52.0 Å². The summed E-state index contributed by atoms with van der Waals surface area (Å²) in [7, 11) is 0. The van der Waals surface area contributed by atoms with Crippen LogP contribution in [0.5, 0.6) is 0 Å². The van der Waals surface area contributed by atoms with Crippen molar-refractivity contribution in [3.8, 4) is 0 Å². The lowest BCUT2D eigenvalue weighted by Gasteiger charge is -2.17. The summed E-state index contributed by atoms with van der Waals surface area (Å²) >= 11 is 0. The standard InChI is InChI=1S/C17H21NO2/c1-9-7-12(11-5-6-11)8-10(2)13(9)14-15(19)17(3,4)18-16(14)20/h7-8,11,19H,5-6H2,1-4H3,(H,18,20). The van der Waals surface area contributed by atoms with E-state index >= 15 is 0 Å². The summed E-state index contributed by atoms with van der Waals surface area (Å²) in [5.41, 5.74) is 4.15. The fraction of sp³-hybridized carbons (Fsp3) is 0.471. The largest absolute Gasteiger partial charge is 0.509 e. The van der Waals surface area contributed by atoms with Crippen LogP contribution in [0.15, 0.2) is 17.9 Å². The number of carbonyl (C=O) groups is 1. The molecule has 3 heteroatoms. The molecule has 0 spiro atoms. The van der Waals surface area contributed by atoms with Gasteiger partial charge in [-0.15, -0.1) is 0 Å². The topological polar surface area (TPSA) is 49.3 Å². The molecule has 1 aliphatic carbocycles. The zero-order chi connectivity index (χ0) is 14.7. The first-order chi connectivity index (χ1) is 9.31. The predicted octanol–water partition coefficient (Wildman–Crippen LogP) is 3.36. The molecule has 2 aliphatic rings. The van der Waals surface area contributed by atoms with Crippen molar-refractivity contribution in [2.24, 2.45) is 0 Å². The molecule has 1 saturated carbocycles. The van der Waals surface area contributed by atoms with Gasteiger partial charge in [-0.05, 0) is 68.7 Å². The van der Waals surface area contributed by atoms with Crippen LogP contribution in [0.4, 0.5) is 0 Å². The molecular formula is C17H21NO2. The maximum absolute atomic E-state index is 12.2. The van der Waals surface area contributed by atoms with Crippen molar-refractivity contribution in [3.05, 3.63) is 40.1 Å². The molecule has 0 unspecified atom stereocenters. The Morgan fingerprint density at radius 2 is 1.75 bits per heavy atom. The van der Waals surface area contributed by atoms with Gasteiger partial charge in [0, 0.05) is 0 Å². The molecule has 1 heterocycles. The van der Waals surface area contributed by atoms with E-state index in [0.29, 0.717) is 11.5 Å². The lowest BCUT2D eigenvalue weighted by atomic mass is 9.90. The van der Waals surface area contributed by atoms with Crippen LogP contribution in [0.3, 0.4) is 0 Å². The summed E-state index contributed by atoms with van der Waals surface area (Å²) in [6, 6.07) is 4.33. The van der Waals surface area contributed by atoms with Crippen molar-refractivity contribution in [3.63, 3.8) is 0 Å². The van der Waals surface area contributed by atoms with Gasteiger partial charge in [0.1, 0.15) is 5.76 Å². The summed E-state index contributed by atoms with van der Waals surface area (Å²) in [5.74, 6) is 0.656. The number of carbonyl (C=O) groups excluding carboxylic acids is 1. The number of nitrogens with one attached hydrogen (secondary N) is 1. The fourth-order valence-electron chi connectivity index (χ4n) is 3.10. The van der Waals surface area contributed by atoms with E-state index in [4.69, 9.17) is 0 Å². The third kappa shape index (κ3) is 1.92. The molecule has 1 fully saturated rings. The molecule has 1 aromatic carbocycles. The summed E-state index contributed by atoms with van der Waals surface area (Å²) in [6.07, 6.45) is 2.53. The van der Waals surface area contributed by atoms with Crippen LogP contribution in [-0.2, 0) is 4.79 Å². The molecule has 0 saturated heterocycles. The number of hydrogen-bond acceptors (Lipinski definition) is 2. The molecule has 3 nitrogen and oxygen atoms in total. The Kier molecular flexibility index (Phi) is 2.72. The minimum atomic E-state index is -0.680. The summed E-state index contributed by atoms with van der Waals surface area (Å²) in [4.78, 5) is 12.2. The van der Waals surface area contributed by atoms with Crippen molar-refractivity contribution in [2.75, 3.05) is 0 Å². The highest BCUT2D eigenvalue weighted by Gasteiger charge is 2.39. The average molecular weight is 271 g/mol. The summed E-state index contributed by atoms with van der Waals surface area (Å²) in [6.45, 7) is 7.67. The summed E-state index contributed by atoms with van der Waals surface area (Å²) in [5, 5.41) is 13.2. The Morgan fingerprint density at radius 3 is 2.15 bits per heavy atom. The normalized spacial score (nSPS) is 21.3. The zero-order valence-electron chi connectivity index (χ0n) is 12.5. The van der Waals surface area contributed by atoms with Gasteiger partial charge in [0.25, 0.3) is 5.91 Å². The Hall–Kier alpha value is -1.77.